The minimum atomic E-state index is -0.961. The van der Waals surface area contributed by atoms with E-state index >= 15 is 0 Å². The maximum Gasteiger partial charge on any atom is 0.337 e. The monoisotopic (exact) mass is 194 g/mol. The summed E-state index contributed by atoms with van der Waals surface area (Å²) in [7, 11) is 0. The first kappa shape index (κ1) is 8.07. The summed E-state index contributed by atoms with van der Waals surface area (Å²) < 4.78 is 0.625. The number of fused-ring (bicyclic) bond motifs is 1. The Morgan fingerprint density at radius 3 is 2.85 bits per heavy atom. The molecule has 3 nitrogen and oxygen atoms in total. The Bertz CT molecular complexity index is 473. The minimum absolute atomic E-state index is 0.134. The molecule has 0 spiro atoms. The van der Waals surface area contributed by atoms with Crippen LogP contribution in [-0.4, -0.2) is 16.2 Å². The number of hydrogen-bond donors (Lipinski definition) is 2. The molecule has 0 amide bonds. The van der Waals surface area contributed by atoms with Gasteiger partial charge in [0.1, 0.15) is 5.75 Å². The molecule has 0 atom stereocenters. The summed E-state index contributed by atoms with van der Waals surface area (Å²) in [5, 5.41) is 20.3. The lowest BCUT2D eigenvalue weighted by molar-refractivity contribution is 0.0699. The van der Waals surface area contributed by atoms with Gasteiger partial charge in [-0.2, -0.15) is 0 Å². The number of carboxylic acids is 1. The van der Waals surface area contributed by atoms with E-state index in [4.69, 9.17) is 5.11 Å². The Labute approximate surface area is 77.9 Å². The van der Waals surface area contributed by atoms with E-state index in [1.54, 1.807) is 18.2 Å². The second-order valence-electron chi connectivity index (χ2n) is 2.61. The Kier molecular flexibility index (Phi) is 1.70. The molecule has 66 valence electrons. The van der Waals surface area contributed by atoms with E-state index in [9.17, 15) is 9.90 Å². The number of aromatic carboxylic acids is 1. The molecule has 0 saturated heterocycles. The maximum atomic E-state index is 10.7. The van der Waals surface area contributed by atoms with Crippen LogP contribution < -0.4 is 0 Å². The van der Waals surface area contributed by atoms with Crippen LogP contribution in [0.4, 0.5) is 0 Å². The highest BCUT2D eigenvalue weighted by Gasteiger charge is 2.11. The van der Waals surface area contributed by atoms with Crippen LogP contribution in [0.3, 0.4) is 0 Å². The van der Waals surface area contributed by atoms with Gasteiger partial charge in [-0.25, -0.2) is 4.79 Å². The molecule has 0 bridgehead atoms. The minimum Gasteiger partial charge on any atom is -0.506 e. The maximum absolute atomic E-state index is 10.7. The number of aromatic hydroxyl groups is 1. The summed E-state index contributed by atoms with van der Waals surface area (Å²) in [6, 6.07) is 4.87. The number of phenolic OH excluding ortho intramolecular Hbond substituents is 1. The second kappa shape index (κ2) is 2.74. The van der Waals surface area contributed by atoms with Gasteiger partial charge in [-0.3, -0.25) is 0 Å². The Hall–Kier alpha value is -1.55. The number of rotatable bonds is 1. The molecule has 2 N–H and O–H groups in total. The zero-order valence-corrected chi connectivity index (χ0v) is 7.34. The highest BCUT2D eigenvalue weighted by atomic mass is 32.1. The fourth-order valence-electron chi connectivity index (χ4n) is 1.21. The molecule has 0 aliphatic heterocycles. The van der Waals surface area contributed by atoms with Crippen molar-refractivity contribution in [3.63, 3.8) is 0 Å². The van der Waals surface area contributed by atoms with Crippen LogP contribution in [-0.2, 0) is 0 Å². The lowest BCUT2D eigenvalue weighted by Gasteiger charge is -1.93. The van der Waals surface area contributed by atoms with Crippen molar-refractivity contribution in [3.05, 3.63) is 29.1 Å². The molecule has 0 aliphatic carbocycles. The normalized spacial score (nSPS) is 10.5. The lowest BCUT2D eigenvalue weighted by atomic mass is 10.2. The average molecular weight is 194 g/mol. The summed E-state index contributed by atoms with van der Waals surface area (Å²) in [4.78, 5) is 10.7. The third kappa shape index (κ3) is 1.15. The fraction of sp³-hybridized carbons (Fsp3) is 0. The van der Waals surface area contributed by atoms with Gasteiger partial charge in [-0.15, -0.1) is 11.3 Å². The molecule has 13 heavy (non-hydrogen) atoms. The molecule has 1 aromatic carbocycles. The van der Waals surface area contributed by atoms with Crippen LogP contribution in [0, 0.1) is 0 Å². The van der Waals surface area contributed by atoms with Crippen molar-refractivity contribution in [2.45, 2.75) is 0 Å². The predicted octanol–water partition coefficient (Wildman–Crippen LogP) is 2.31. The first-order chi connectivity index (χ1) is 6.20. The quantitative estimate of drug-likeness (QED) is 0.732. The molecule has 0 radical (unpaired) electrons. The zero-order valence-electron chi connectivity index (χ0n) is 6.52. The van der Waals surface area contributed by atoms with Crippen molar-refractivity contribution in [1.29, 1.82) is 0 Å². The van der Waals surface area contributed by atoms with E-state index in [2.05, 4.69) is 0 Å². The largest absolute Gasteiger partial charge is 0.506 e. The van der Waals surface area contributed by atoms with E-state index in [-0.39, 0.29) is 11.3 Å². The molecular weight excluding hydrogens is 188 g/mol. The summed E-state index contributed by atoms with van der Waals surface area (Å²) in [6.07, 6.45) is 0. The number of thiophene rings is 1. The second-order valence-corrected chi connectivity index (χ2v) is 3.49. The van der Waals surface area contributed by atoms with Gasteiger partial charge in [0.25, 0.3) is 0 Å². The van der Waals surface area contributed by atoms with Crippen molar-refractivity contribution in [3.8, 4) is 5.75 Å². The first-order valence-electron chi connectivity index (χ1n) is 3.62. The third-order valence-corrected chi connectivity index (χ3v) is 2.83. The number of carbonyl (C=O) groups is 1. The smallest absolute Gasteiger partial charge is 0.337 e. The first-order valence-corrected chi connectivity index (χ1v) is 4.50. The SMILES string of the molecule is O=C(O)c1csc2c(O)cccc12. The van der Waals surface area contributed by atoms with Crippen molar-refractivity contribution in [2.24, 2.45) is 0 Å². The zero-order chi connectivity index (χ0) is 9.42. The molecule has 0 unspecified atom stereocenters. The van der Waals surface area contributed by atoms with Gasteiger partial charge in [-0.05, 0) is 6.07 Å². The van der Waals surface area contributed by atoms with Crippen molar-refractivity contribution in [2.75, 3.05) is 0 Å². The Morgan fingerprint density at radius 1 is 1.38 bits per heavy atom. The number of carboxylic acid groups (broad SMARTS) is 1. The molecule has 2 aromatic rings. The highest BCUT2D eigenvalue weighted by molar-refractivity contribution is 7.18. The van der Waals surface area contributed by atoms with E-state index < -0.39 is 5.97 Å². The van der Waals surface area contributed by atoms with Crippen molar-refractivity contribution < 1.29 is 15.0 Å². The molecule has 0 saturated carbocycles. The predicted molar refractivity (Wildman–Crippen MR) is 50.4 cm³/mol. The van der Waals surface area contributed by atoms with Gasteiger partial charge in [-0.1, -0.05) is 12.1 Å². The van der Waals surface area contributed by atoms with Crippen molar-refractivity contribution >= 4 is 27.4 Å². The molecule has 4 heteroatoms. The molecule has 1 heterocycles. The number of phenols is 1. The Morgan fingerprint density at radius 2 is 2.15 bits per heavy atom. The topological polar surface area (TPSA) is 57.5 Å². The Balaban J connectivity index is 2.83. The number of benzene rings is 1. The van der Waals surface area contributed by atoms with E-state index in [1.165, 1.54) is 16.7 Å². The van der Waals surface area contributed by atoms with Gasteiger partial charge >= 0.3 is 5.97 Å². The summed E-state index contributed by atoms with van der Waals surface area (Å²) in [5.74, 6) is -0.827. The summed E-state index contributed by atoms with van der Waals surface area (Å²) in [5.41, 5.74) is 0.246. The van der Waals surface area contributed by atoms with Gasteiger partial charge in [0.05, 0.1) is 10.3 Å². The van der Waals surface area contributed by atoms with E-state index in [0.717, 1.165) is 0 Å². The molecule has 2 rings (SSSR count). The van der Waals surface area contributed by atoms with Gasteiger partial charge in [0.2, 0.25) is 0 Å². The fourth-order valence-corrected chi connectivity index (χ4v) is 2.16. The van der Waals surface area contributed by atoms with Crippen LogP contribution in [0.15, 0.2) is 23.6 Å². The summed E-state index contributed by atoms with van der Waals surface area (Å²) in [6.45, 7) is 0. The van der Waals surface area contributed by atoms with Crippen molar-refractivity contribution in [1.82, 2.24) is 0 Å². The summed E-state index contributed by atoms with van der Waals surface area (Å²) >= 11 is 1.24. The van der Waals surface area contributed by atoms with Crippen LogP contribution in [0.1, 0.15) is 10.4 Å². The van der Waals surface area contributed by atoms with Crippen LogP contribution in [0.5, 0.6) is 5.75 Å². The van der Waals surface area contributed by atoms with Gasteiger partial charge in [0.15, 0.2) is 0 Å². The molecule has 0 fully saturated rings. The van der Waals surface area contributed by atoms with Gasteiger partial charge in [0, 0.05) is 10.8 Å². The third-order valence-electron chi connectivity index (χ3n) is 1.81. The number of hydrogen-bond acceptors (Lipinski definition) is 3. The molecule has 0 aliphatic rings. The molecule has 1 aromatic heterocycles. The van der Waals surface area contributed by atoms with Crippen LogP contribution in [0.2, 0.25) is 0 Å². The van der Waals surface area contributed by atoms with E-state index in [1.807, 2.05) is 0 Å². The molecular formula is C9H6O3S. The van der Waals surface area contributed by atoms with Crippen LogP contribution in [0.25, 0.3) is 10.1 Å². The lowest BCUT2D eigenvalue weighted by Crippen LogP contribution is -1.92. The van der Waals surface area contributed by atoms with E-state index in [0.29, 0.717) is 10.1 Å². The average Bonchev–Trinajstić information content (AvgIpc) is 2.48. The van der Waals surface area contributed by atoms with Gasteiger partial charge < -0.3 is 10.2 Å². The van der Waals surface area contributed by atoms with Crippen LogP contribution >= 0.6 is 11.3 Å². The standard InChI is InChI=1S/C9H6O3S/c10-7-3-1-2-5-6(9(11)12)4-13-8(5)7/h1-4,10H,(H,11,12). The highest BCUT2D eigenvalue weighted by Crippen LogP contribution is 2.32.